The van der Waals surface area contributed by atoms with E-state index in [1.807, 2.05) is 6.08 Å². The van der Waals surface area contributed by atoms with Crippen molar-refractivity contribution in [3.8, 4) is 0 Å². The van der Waals surface area contributed by atoms with Gasteiger partial charge in [-0.3, -0.25) is 20.2 Å². The number of nitro benzene ring substituents is 2. The van der Waals surface area contributed by atoms with Crippen molar-refractivity contribution in [2.24, 2.45) is 5.10 Å². The second-order valence-electron chi connectivity index (χ2n) is 3.88. The number of non-ortho nitro benzene ring substituents is 1. The fourth-order valence-electron chi connectivity index (χ4n) is 1.73. The predicted octanol–water partition coefficient (Wildman–Crippen LogP) is 2.60. The zero-order chi connectivity index (χ0) is 14.0. The lowest BCUT2D eigenvalue weighted by Gasteiger charge is -2.21. The number of nitrogens with zero attached hydrogens (tertiary/aromatic N) is 4. The molecule has 0 spiro atoms. The van der Waals surface area contributed by atoms with Crippen LogP contribution in [0.5, 0.6) is 0 Å². The lowest BCUT2D eigenvalue weighted by atomic mass is 10.2. The molecule has 8 nitrogen and oxygen atoms in total. The van der Waals surface area contributed by atoms with Crippen LogP contribution in [0.25, 0.3) is 0 Å². The van der Waals surface area contributed by atoms with Crippen LogP contribution in [0.3, 0.4) is 0 Å². The molecule has 1 aromatic carbocycles. The van der Waals surface area contributed by atoms with Gasteiger partial charge in [-0.2, -0.15) is 5.10 Å². The van der Waals surface area contributed by atoms with Gasteiger partial charge in [0.25, 0.3) is 5.69 Å². The maximum absolute atomic E-state index is 11.0. The molecule has 0 N–H and O–H groups in total. The highest BCUT2D eigenvalue weighted by molar-refractivity contribution is 5.73. The van der Waals surface area contributed by atoms with Crippen molar-refractivity contribution >= 4 is 23.3 Å². The molecule has 0 atom stereocenters. The molecule has 0 aromatic heterocycles. The highest BCUT2D eigenvalue weighted by Crippen LogP contribution is 2.34. The third kappa shape index (κ3) is 2.41. The topological polar surface area (TPSA) is 102 Å². The summed E-state index contributed by atoms with van der Waals surface area (Å²) in [6, 6.07) is 3.49. The van der Waals surface area contributed by atoms with Crippen molar-refractivity contribution in [1.82, 2.24) is 0 Å². The Hall–Kier alpha value is -2.77. The first kappa shape index (κ1) is 12.7. The Balaban J connectivity index is 2.54. The summed E-state index contributed by atoms with van der Waals surface area (Å²) in [6.07, 6.45) is 4.12. The molecule has 1 heterocycles. The normalized spacial score (nSPS) is 14.2. The summed E-state index contributed by atoms with van der Waals surface area (Å²) < 4.78 is 0. The fourth-order valence-corrected chi connectivity index (χ4v) is 1.73. The molecule has 0 saturated heterocycles. The molecule has 98 valence electrons. The molecule has 0 fully saturated rings. The summed E-state index contributed by atoms with van der Waals surface area (Å²) in [4.78, 5) is 20.4. The van der Waals surface area contributed by atoms with Gasteiger partial charge in [-0.15, -0.1) is 0 Å². The zero-order valence-corrected chi connectivity index (χ0v) is 10.0. The van der Waals surface area contributed by atoms with E-state index in [1.54, 1.807) is 13.1 Å². The van der Waals surface area contributed by atoms with E-state index in [2.05, 4.69) is 5.10 Å². The summed E-state index contributed by atoms with van der Waals surface area (Å²) in [7, 11) is 0. The van der Waals surface area contributed by atoms with Crippen LogP contribution in [0, 0.1) is 20.2 Å². The summed E-state index contributed by atoms with van der Waals surface area (Å²) in [5.41, 5.74) is 0.277. The van der Waals surface area contributed by atoms with Gasteiger partial charge in [0, 0.05) is 24.4 Å². The highest BCUT2D eigenvalue weighted by Gasteiger charge is 2.24. The first-order valence-electron chi connectivity index (χ1n) is 5.43. The first-order chi connectivity index (χ1) is 9.00. The SMILES string of the molecule is CC1=CCC=NN1c1ccc([N+](=O)[O-])cc1[N+](=O)[O-]. The van der Waals surface area contributed by atoms with Gasteiger partial charge in [0.1, 0.15) is 5.69 Å². The summed E-state index contributed by atoms with van der Waals surface area (Å²) >= 11 is 0. The third-order valence-electron chi connectivity index (χ3n) is 2.64. The molecule has 1 aliphatic heterocycles. The van der Waals surface area contributed by atoms with Crippen molar-refractivity contribution in [2.75, 3.05) is 5.01 Å². The van der Waals surface area contributed by atoms with Crippen molar-refractivity contribution in [3.63, 3.8) is 0 Å². The van der Waals surface area contributed by atoms with Crippen LogP contribution >= 0.6 is 0 Å². The van der Waals surface area contributed by atoms with Crippen LogP contribution in [0.4, 0.5) is 17.1 Å². The van der Waals surface area contributed by atoms with Crippen molar-refractivity contribution in [3.05, 3.63) is 50.2 Å². The van der Waals surface area contributed by atoms with Crippen LogP contribution < -0.4 is 5.01 Å². The molecule has 8 heteroatoms. The lowest BCUT2D eigenvalue weighted by Crippen LogP contribution is -2.17. The van der Waals surface area contributed by atoms with Gasteiger partial charge in [0.2, 0.25) is 0 Å². The molecule has 0 saturated carbocycles. The minimum atomic E-state index is -0.668. The molecule has 1 aromatic rings. The van der Waals surface area contributed by atoms with E-state index >= 15 is 0 Å². The Morgan fingerprint density at radius 1 is 1.26 bits per heavy atom. The number of rotatable bonds is 3. The fraction of sp³-hybridized carbons (Fsp3) is 0.182. The first-order valence-corrected chi connectivity index (χ1v) is 5.43. The standard InChI is InChI=1S/C11H10N4O4/c1-8-3-2-6-12-13(8)10-5-4-9(14(16)17)7-11(10)15(18)19/h3-7H,2H2,1H3. The molecule has 2 rings (SSSR count). The van der Waals surface area contributed by atoms with Gasteiger partial charge in [-0.1, -0.05) is 6.08 Å². The van der Waals surface area contributed by atoms with E-state index in [4.69, 9.17) is 0 Å². The molecular formula is C11H10N4O4. The van der Waals surface area contributed by atoms with Crippen molar-refractivity contribution in [2.45, 2.75) is 13.3 Å². The monoisotopic (exact) mass is 262 g/mol. The molecule has 19 heavy (non-hydrogen) atoms. The number of hydrazone groups is 1. The van der Waals surface area contributed by atoms with Crippen molar-refractivity contribution < 1.29 is 9.85 Å². The number of anilines is 1. The predicted molar refractivity (Wildman–Crippen MR) is 69.1 cm³/mol. The third-order valence-corrected chi connectivity index (χ3v) is 2.64. The molecule has 0 unspecified atom stereocenters. The average Bonchev–Trinajstić information content (AvgIpc) is 2.38. The zero-order valence-electron chi connectivity index (χ0n) is 10.0. The molecule has 0 radical (unpaired) electrons. The van der Waals surface area contributed by atoms with Crippen LogP contribution in [-0.4, -0.2) is 16.1 Å². The summed E-state index contributed by atoms with van der Waals surface area (Å²) in [5.74, 6) is 0. The van der Waals surface area contributed by atoms with Gasteiger partial charge in [0.05, 0.1) is 15.9 Å². The highest BCUT2D eigenvalue weighted by atomic mass is 16.6. The number of nitro groups is 2. The minimum absolute atomic E-state index is 0.209. The van der Waals surface area contributed by atoms with E-state index in [-0.39, 0.29) is 17.1 Å². The molecule has 0 bridgehead atoms. The Bertz CT molecular complexity index is 609. The Kier molecular flexibility index (Phi) is 3.23. The molecule has 0 aliphatic carbocycles. The quantitative estimate of drug-likeness (QED) is 0.615. The van der Waals surface area contributed by atoms with E-state index < -0.39 is 9.85 Å². The van der Waals surface area contributed by atoms with Crippen LogP contribution in [0.1, 0.15) is 13.3 Å². The maximum atomic E-state index is 11.0. The molecular weight excluding hydrogens is 252 g/mol. The minimum Gasteiger partial charge on any atom is -0.258 e. The van der Waals surface area contributed by atoms with Gasteiger partial charge in [-0.25, -0.2) is 5.01 Å². The van der Waals surface area contributed by atoms with Gasteiger partial charge >= 0.3 is 5.69 Å². The number of hydrogen-bond donors (Lipinski definition) is 0. The van der Waals surface area contributed by atoms with E-state index in [1.165, 1.54) is 17.1 Å². The maximum Gasteiger partial charge on any atom is 0.301 e. The summed E-state index contributed by atoms with van der Waals surface area (Å²) in [5, 5.41) is 27.1. The van der Waals surface area contributed by atoms with Crippen LogP contribution in [-0.2, 0) is 0 Å². The van der Waals surface area contributed by atoms with Crippen molar-refractivity contribution in [1.29, 1.82) is 0 Å². The van der Waals surface area contributed by atoms with Gasteiger partial charge < -0.3 is 0 Å². The van der Waals surface area contributed by atoms with Crippen LogP contribution in [0.15, 0.2) is 35.1 Å². The molecule has 0 amide bonds. The number of benzene rings is 1. The average molecular weight is 262 g/mol. The number of allylic oxidation sites excluding steroid dienone is 2. The Morgan fingerprint density at radius 2 is 2.00 bits per heavy atom. The molecule has 1 aliphatic rings. The Morgan fingerprint density at radius 3 is 2.58 bits per heavy atom. The van der Waals surface area contributed by atoms with Gasteiger partial charge in [-0.05, 0) is 13.0 Å². The Labute approximate surface area is 107 Å². The smallest absolute Gasteiger partial charge is 0.258 e. The lowest BCUT2D eigenvalue weighted by molar-refractivity contribution is -0.393. The number of hydrogen-bond acceptors (Lipinski definition) is 6. The summed E-state index contributed by atoms with van der Waals surface area (Å²) in [6.45, 7) is 1.77. The second kappa shape index (κ2) is 4.84. The van der Waals surface area contributed by atoms with E-state index in [0.717, 1.165) is 11.8 Å². The largest absolute Gasteiger partial charge is 0.301 e. The van der Waals surface area contributed by atoms with Crippen LogP contribution in [0.2, 0.25) is 0 Å². The van der Waals surface area contributed by atoms with E-state index in [0.29, 0.717) is 6.42 Å². The van der Waals surface area contributed by atoms with Gasteiger partial charge in [0.15, 0.2) is 0 Å². The second-order valence-corrected chi connectivity index (χ2v) is 3.88. The van der Waals surface area contributed by atoms with E-state index in [9.17, 15) is 20.2 Å².